The molecule has 0 saturated carbocycles. The molecule has 0 aliphatic carbocycles. The molecule has 71 heavy (non-hydrogen) atoms. The Balaban J connectivity index is 4.14. The maximum Gasteiger partial charge on any atom is 0.310 e. The third kappa shape index (κ3) is 57.9. The second-order valence-electron chi connectivity index (χ2n) is 20.6. The molecule has 0 fully saturated rings. The molecule has 6 heteroatoms. The van der Waals surface area contributed by atoms with Gasteiger partial charge in [0.2, 0.25) is 0 Å². The van der Waals surface area contributed by atoms with Gasteiger partial charge in [-0.2, -0.15) is 0 Å². The Morgan fingerprint density at radius 3 is 0.803 bits per heavy atom. The summed E-state index contributed by atoms with van der Waals surface area (Å²) in [5, 5.41) is 0. The number of hydrogen-bond acceptors (Lipinski definition) is 6. The second-order valence-corrected chi connectivity index (χ2v) is 20.6. The quantitative estimate of drug-likeness (QED) is 0.0261. The molecule has 0 spiro atoms. The number of carbonyl (C=O) groups is 3. The van der Waals surface area contributed by atoms with Gasteiger partial charge in [-0.25, -0.2) is 0 Å². The van der Waals surface area contributed by atoms with Gasteiger partial charge in [0, 0.05) is 12.8 Å². The highest BCUT2D eigenvalue weighted by atomic mass is 16.6. The van der Waals surface area contributed by atoms with Crippen LogP contribution in [0.1, 0.15) is 316 Å². The predicted molar refractivity (Wildman–Crippen MR) is 307 cm³/mol. The number of carbonyl (C=O) groups excluding carboxylic acids is 3. The standard InChI is InChI=1S/C65H116O6/c1-4-7-10-13-16-19-21-23-25-26-27-28-29-30-31-32-33-34-35-36-37-38-40-41-43-46-49-52-55-58-64(67)70-61-62(60-69-63(66)57-54-51-48-45-18-15-12-9-6-3)71-65(68)59-56-53-50-47-44-42-39-24-22-20-17-14-11-8-5-2/h8,11,17,20,24,39,44,47,53,56,62H,4-7,9-10,12-16,18-19,21-23,25-38,40-43,45-46,48-52,54-55,57-61H2,1-3H3/b11-8-,20-17-,39-24-,47-44-,56-53-. The summed E-state index contributed by atoms with van der Waals surface area (Å²) in [6.07, 6.45) is 75.7. The average Bonchev–Trinajstić information content (AvgIpc) is 3.37. The molecule has 0 N–H and O–H groups in total. The molecule has 0 rings (SSSR count). The van der Waals surface area contributed by atoms with Crippen molar-refractivity contribution < 1.29 is 28.6 Å². The fourth-order valence-corrected chi connectivity index (χ4v) is 8.99. The molecule has 0 heterocycles. The first-order valence-electron chi connectivity index (χ1n) is 30.8. The molecular weight excluding hydrogens is 877 g/mol. The summed E-state index contributed by atoms with van der Waals surface area (Å²) in [7, 11) is 0. The van der Waals surface area contributed by atoms with Gasteiger partial charge in [0.05, 0.1) is 6.42 Å². The Morgan fingerprint density at radius 1 is 0.296 bits per heavy atom. The molecule has 0 aromatic rings. The maximum absolute atomic E-state index is 12.8. The minimum atomic E-state index is -0.824. The number of allylic oxidation sites excluding steroid dienone is 9. The van der Waals surface area contributed by atoms with Crippen LogP contribution in [0, 0.1) is 0 Å². The molecule has 0 aromatic heterocycles. The van der Waals surface area contributed by atoms with Crippen LogP contribution in [0.3, 0.4) is 0 Å². The molecule has 0 aromatic carbocycles. The highest BCUT2D eigenvalue weighted by Crippen LogP contribution is 2.17. The molecule has 1 atom stereocenters. The monoisotopic (exact) mass is 993 g/mol. The van der Waals surface area contributed by atoms with Crippen LogP contribution in [0.5, 0.6) is 0 Å². The normalized spacial score (nSPS) is 12.4. The molecule has 0 bridgehead atoms. The second kappa shape index (κ2) is 59.7. The Morgan fingerprint density at radius 2 is 0.535 bits per heavy atom. The van der Waals surface area contributed by atoms with Crippen molar-refractivity contribution in [3.05, 3.63) is 60.8 Å². The summed E-state index contributed by atoms with van der Waals surface area (Å²) in [4.78, 5) is 38.0. The number of rotatable bonds is 56. The first-order valence-corrected chi connectivity index (χ1v) is 30.8. The van der Waals surface area contributed by atoms with Crippen molar-refractivity contribution in [2.24, 2.45) is 0 Å². The zero-order valence-electron chi connectivity index (χ0n) is 47.2. The largest absolute Gasteiger partial charge is 0.462 e. The zero-order chi connectivity index (χ0) is 51.4. The predicted octanol–water partition coefficient (Wildman–Crippen LogP) is 20.8. The Labute approximate surface area is 440 Å². The van der Waals surface area contributed by atoms with E-state index in [9.17, 15) is 14.4 Å². The van der Waals surface area contributed by atoms with E-state index in [-0.39, 0.29) is 31.6 Å². The fraction of sp³-hybridized carbons (Fsp3) is 0.800. The summed E-state index contributed by atoms with van der Waals surface area (Å²) in [6, 6.07) is 0. The third-order valence-electron chi connectivity index (χ3n) is 13.6. The van der Waals surface area contributed by atoms with Gasteiger partial charge in [-0.15, -0.1) is 0 Å². The fourth-order valence-electron chi connectivity index (χ4n) is 8.99. The highest BCUT2D eigenvalue weighted by molar-refractivity contribution is 5.72. The topological polar surface area (TPSA) is 78.9 Å². The van der Waals surface area contributed by atoms with Crippen LogP contribution >= 0.6 is 0 Å². The summed E-state index contributed by atoms with van der Waals surface area (Å²) < 4.78 is 16.7. The molecule has 6 nitrogen and oxygen atoms in total. The minimum absolute atomic E-state index is 0.101. The van der Waals surface area contributed by atoms with Crippen molar-refractivity contribution >= 4 is 17.9 Å². The van der Waals surface area contributed by atoms with E-state index < -0.39 is 12.1 Å². The number of hydrogen-bond donors (Lipinski definition) is 0. The Bertz CT molecular complexity index is 1280. The lowest BCUT2D eigenvalue weighted by Crippen LogP contribution is -2.30. The zero-order valence-corrected chi connectivity index (χ0v) is 47.2. The van der Waals surface area contributed by atoms with E-state index in [0.29, 0.717) is 12.8 Å². The van der Waals surface area contributed by atoms with Gasteiger partial charge in [-0.3, -0.25) is 14.4 Å². The van der Waals surface area contributed by atoms with Crippen molar-refractivity contribution in [1.29, 1.82) is 0 Å². The lowest BCUT2D eigenvalue weighted by Gasteiger charge is -2.18. The van der Waals surface area contributed by atoms with Crippen LogP contribution in [-0.2, 0) is 28.6 Å². The maximum atomic E-state index is 12.8. The first-order chi connectivity index (χ1) is 35.0. The molecule has 0 amide bonds. The van der Waals surface area contributed by atoms with E-state index in [1.807, 2.05) is 6.08 Å². The summed E-state index contributed by atoms with van der Waals surface area (Å²) in [5.41, 5.74) is 0. The number of unbranched alkanes of at least 4 members (excludes halogenated alkanes) is 36. The molecular formula is C65H116O6. The van der Waals surface area contributed by atoms with Crippen LogP contribution in [0.15, 0.2) is 60.8 Å². The minimum Gasteiger partial charge on any atom is -0.462 e. The van der Waals surface area contributed by atoms with E-state index in [1.165, 1.54) is 205 Å². The van der Waals surface area contributed by atoms with Gasteiger partial charge in [-0.1, -0.05) is 313 Å². The van der Waals surface area contributed by atoms with E-state index in [1.54, 1.807) is 6.08 Å². The Kier molecular flexibility index (Phi) is 57.2. The smallest absolute Gasteiger partial charge is 0.310 e. The van der Waals surface area contributed by atoms with Crippen molar-refractivity contribution in [2.45, 2.75) is 322 Å². The molecule has 0 saturated heterocycles. The van der Waals surface area contributed by atoms with Gasteiger partial charge < -0.3 is 14.2 Å². The molecule has 412 valence electrons. The van der Waals surface area contributed by atoms with Crippen LogP contribution < -0.4 is 0 Å². The van der Waals surface area contributed by atoms with E-state index in [2.05, 4.69) is 69.4 Å². The van der Waals surface area contributed by atoms with E-state index >= 15 is 0 Å². The van der Waals surface area contributed by atoms with Gasteiger partial charge in [0.25, 0.3) is 0 Å². The summed E-state index contributed by atoms with van der Waals surface area (Å²) >= 11 is 0. The third-order valence-corrected chi connectivity index (χ3v) is 13.6. The van der Waals surface area contributed by atoms with Crippen molar-refractivity contribution in [3.8, 4) is 0 Å². The number of esters is 3. The summed E-state index contributed by atoms with van der Waals surface area (Å²) in [5.74, 6) is -1.03. The van der Waals surface area contributed by atoms with Crippen LogP contribution in [0.4, 0.5) is 0 Å². The molecule has 1 unspecified atom stereocenters. The SMILES string of the molecule is CC/C=C\C/C=C\C/C=C\C/C=C\C/C=C\CC(=O)OC(COC(=O)CCCCCCCCCCC)COC(=O)CCCCCCCCCCCCCCCCCCCCCCCCCCCCCCC. The Hall–Kier alpha value is -2.89. The highest BCUT2D eigenvalue weighted by Gasteiger charge is 2.19. The van der Waals surface area contributed by atoms with Gasteiger partial charge in [-0.05, 0) is 44.9 Å². The van der Waals surface area contributed by atoms with Gasteiger partial charge in [0.15, 0.2) is 6.10 Å². The van der Waals surface area contributed by atoms with Gasteiger partial charge >= 0.3 is 17.9 Å². The lowest BCUT2D eigenvalue weighted by atomic mass is 10.0. The van der Waals surface area contributed by atoms with Gasteiger partial charge in [0.1, 0.15) is 13.2 Å². The van der Waals surface area contributed by atoms with Crippen molar-refractivity contribution in [3.63, 3.8) is 0 Å². The van der Waals surface area contributed by atoms with Crippen LogP contribution in [0.2, 0.25) is 0 Å². The first kappa shape index (κ1) is 68.1. The van der Waals surface area contributed by atoms with E-state index in [4.69, 9.17) is 14.2 Å². The van der Waals surface area contributed by atoms with Crippen LogP contribution in [0.25, 0.3) is 0 Å². The average molecular weight is 994 g/mol. The molecule has 0 radical (unpaired) electrons. The lowest BCUT2D eigenvalue weighted by molar-refractivity contribution is -0.166. The number of ether oxygens (including phenoxy) is 3. The summed E-state index contributed by atoms with van der Waals surface area (Å²) in [6.45, 7) is 6.46. The van der Waals surface area contributed by atoms with Crippen LogP contribution in [-0.4, -0.2) is 37.2 Å². The van der Waals surface area contributed by atoms with Crippen molar-refractivity contribution in [2.75, 3.05) is 13.2 Å². The molecule has 0 aliphatic rings. The van der Waals surface area contributed by atoms with E-state index in [0.717, 1.165) is 70.6 Å². The van der Waals surface area contributed by atoms with Crippen molar-refractivity contribution in [1.82, 2.24) is 0 Å². The molecule has 0 aliphatic heterocycles.